The smallest absolute Gasteiger partial charge is 0.166 e. The maximum atomic E-state index is 13.5. The van der Waals surface area contributed by atoms with Gasteiger partial charge in [-0.15, -0.1) is 0 Å². The molecular weight excluding hydrogens is 231 g/mol. The molecule has 0 amide bonds. The van der Waals surface area contributed by atoms with Crippen LogP contribution in [0.2, 0.25) is 0 Å². The van der Waals surface area contributed by atoms with Gasteiger partial charge < -0.3 is 10.1 Å². The molecule has 3 nitrogen and oxygen atoms in total. The first-order valence-electron chi connectivity index (χ1n) is 5.87. The molecule has 1 rings (SSSR count). The van der Waals surface area contributed by atoms with Crippen molar-refractivity contribution in [2.24, 2.45) is 0 Å². The summed E-state index contributed by atoms with van der Waals surface area (Å²) < 4.78 is 18.8. The van der Waals surface area contributed by atoms with Crippen molar-refractivity contribution in [1.29, 1.82) is 5.26 Å². The van der Waals surface area contributed by atoms with E-state index in [0.29, 0.717) is 6.54 Å². The minimum absolute atomic E-state index is 0.144. The van der Waals surface area contributed by atoms with Gasteiger partial charge in [-0.3, -0.25) is 0 Å². The third kappa shape index (κ3) is 4.56. The maximum absolute atomic E-state index is 13.5. The van der Waals surface area contributed by atoms with Crippen LogP contribution in [0.15, 0.2) is 30.4 Å². The van der Waals surface area contributed by atoms with Gasteiger partial charge in [0.15, 0.2) is 11.6 Å². The lowest BCUT2D eigenvalue weighted by atomic mass is 10.2. The summed E-state index contributed by atoms with van der Waals surface area (Å²) in [5, 5.41) is 11.8. The normalized spacial score (nSPS) is 9.83. The van der Waals surface area contributed by atoms with E-state index >= 15 is 0 Å². The van der Waals surface area contributed by atoms with Crippen molar-refractivity contribution in [3.05, 3.63) is 41.7 Å². The summed E-state index contributed by atoms with van der Waals surface area (Å²) in [6, 6.07) is 6.01. The van der Waals surface area contributed by atoms with Crippen molar-refractivity contribution in [3.63, 3.8) is 0 Å². The molecule has 0 spiro atoms. The number of nitrogens with one attached hydrogen (secondary N) is 1. The van der Waals surface area contributed by atoms with Crippen LogP contribution in [0.3, 0.4) is 0 Å². The van der Waals surface area contributed by atoms with E-state index in [9.17, 15) is 4.39 Å². The molecule has 0 aliphatic rings. The predicted molar refractivity (Wildman–Crippen MR) is 68.9 cm³/mol. The van der Waals surface area contributed by atoms with Gasteiger partial charge in [-0.1, -0.05) is 13.5 Å². The summed E-state index contributed by atoms with van der Waals surface area (Å²) >= 11 is 0. The van der Waals surface area contributed by atoms with Crippen molar-refractivity contribution < 1.29 is 9.13 Å². The van der Waals surface area contributed by atoms with Crippen molar-refractivity contribution in [1.82, 2.24) is 5.32 Å². The molecule has 96 valence electrons. The Morgan fingerprint density at radius 1 is 1.56 bits per heavy atom. The van der Waals surface area contributed by atoms with E-state index in [4.69, 9.17) is 10.00 Å². The molecule has 0 saturated carbocycles. The van der Waals surface area contributed by atoms with Crippen LogP contribution in [-0.4, -0.2) is 19.7 Å². The van der Waals surface area contributed by atoms with E-state index in [0.717, 1.165) is 24.6 Å². The van der Waals surface area contributed by atoms with Crippen LogP contribution in [0.4, 0.5) is 4.39 Å². The Morgan fingerprint density at radius 3 is 2.94 bits per heavy atom. The molecule has 0 radical (unpaired) electrons. The van der Waals surface area contributed by atoms with Gasteiger partial charge in [-0.2, -0.15) is 5.26 Å². The summed E-state index contributed by atoms with van der Waals surface area (Å²) in [5.41, 5.74) is 1.13. The lowest BCUT2D eigenvalue weighted by Crippen LogP contribution is -2.20. The number of benzene rings is 1. The lowest BCUT2D eigenvalue weighted by Gasteiger charge is -2.10. The van der Waals surface area contributed by atoms with Gasteiger partial charge in [0.1, 0.15) is 6.61 Å². The molecule has 0 aromatic heterocycles. The van der Waals surface area contributed by atoms with Crippen molar-refractivity contribution in [2.75, 3.05) is 19.7 Å². The molecule has 0 unspecified atom stereocenters. The molecule has 0 atom stereocenters. The number of rotatable bonds is 7. The lowest BCUT2D eigenvalue weighted by molar-refractivity contribution is 0.329. The van der Waals surface area contributed by atoms with E-state index in [1.54, 1.807) is 0 Å². The van der Waals surface area contributed by atoms with Gasteiger partial charge in [0, 0.05) is 6.54 Å². The highest BCUT2D eigenvalue weighted by Crippen LogP contribution is 2.18. The molecule has 18 heavy (non-hydrogen) atoms. The highest BCUT2D eigenvalue weighted by molar-refractivity contribution is 5.36. The fourth-order valence-corrected chi connectivity index (χ4v) is 1.36. The summed E-state index contributed by atoms with van der Waals surface area (Å²) in [6.45, 7) is 7.77. The fraction of sp³-hybridized carbons (Fsp3) is 0.357. The van der Waals surface area contributed by atoms with Gasteiger partial charge in [0.05, 0.1) is 11.6 Å². The van der Waals surface area contributed by atoms with Crippen molar-refractivity contribution in [2.45, 2.75) is 13.3 Å². The Hall–Kier alpha value is -1.86. The Morgan fingerprint density at radius 2 is 2.33 bits per heavy atom. The Bertz CT molecular complexity index is 452. The third-order valence-corrected chi connectivity index (χ3v) is 2.29. The summed E-state index contributed by atoms with van der Waals surface area (Å²) in [5.74, 6) is -0.381. The van der Waals surface area contributed by atoms with E-state index in [1.165, 1.54) is 12.1 Å². The first-order chi connectivity index (χ1) is 8.67. The minimum atomic E-state index is -0.525. The average Bonchev–Trinajstić information content (AvgIpc) is 2.37. The molecule has 4 heteroatoms. The second-order valence-corrected chi connectivity index (χ2v) is 3.97. The van der Waals surface area contributed by atoms with E-state index in [1.807, 2.05) is 6.07 Å². The zero-order valence-electron chi connectivity index (χ0n) is 10.5. The molecule has 0 fully saturated rings. The molecule has 0 bridgehead atoms. The fourth-order valence-electron chi connectivity index (χ4n) is 1.36. The monoisotopic (exact) mass is 248 g/mol. The second kappa shape index (κ2) is 7.46. The highest BCUT2D eigenvalue weighted by atomic mass is 19.1. The van der Waals surface area contributed by atoms with Crippen LogP contribution in [0.25, 0.3) is 0 Å². The van der Waals surface area contributed by atoms with Gasteiger partial charge >= 0.3 is 0 Å². The van der Waals surface area contributed by atoms with E-state index < -0.39 is 5.82 Å². The Kier molecular flexibility index (Phi) is 5.89. The van der Waals surface area contributed by atoms with E-state index in [-0.39, 0.29) is 17.9 Å². The molecule has 0 aliphatic carbocycles. The van der Waals surface area contributed by atoms with Gasteiger partial charge in [0.2, 0.25) is 0 Å². The quantitative estimate of drug-likeness (QED) is 0.596. The minimum Gasteiger partial charge on any atom is -0.486 e. The third-order valence-electron chi connectivity index (χ3n) is 2.29. The molecule has 0 heterocycles. The largest absolute Gasteiger partial charge is 0.486 e. The standard InChI is InChI=1S/C14H17FN2O/c1-3-6-17-9-11(2)10-18-14-5-4-12(8-16)7-13(14)15/h4-5,7,17H,2-3,6,9-10H2,1H3. The number of nitrogens with zero attached hydrogens (tertiary/aromatic N) is 1. The van der Waals surface area contributed by atoms with Crippen LogP contribution in [0.5, 0.6) is 5.75 Å². The highest BCUT2D eigenvalue weighted by Gasteiger charge is 2.05. The SMILES string of the molecule is C=C(CNCCC)COc1ccc(C#N)cc1F. The zero-order chi connectivity index (χ0) is 13.4. The predicted octanol–water partition coefficient (Wildman–Crippen LogP) is 2.63. The second-order valence-electron chi connectivity index (χ2n) is 3.97. The van der Waals surface area contributed by atoms with Crippen LogP contribution in [0, 0.1) is 17.1 Å². The van der Waals surface area contributed by atoms with Crippen LogP contribution >= 0.6 is 0 Å². The van der Waals surface area contributed by atoms with Gasteiger partial charge in [-0.25, -0.2) is 4.39 Å². The molecule has 0 aliphatic heterocycles. The number of nitriles is 1. The maximum Gasteiger partial charge on any atom is 0.166 e. The molecule has 1 aromatic rings. The molecule has 0 saturated heterocycles. The van der Waals surface area contributed by atoms with Crippen LogP contribution < -0.4 is 10.1 Å². The van der Waals surface area contributed by atoms with Crippen molar-refractivity contribution >= 4 is 0 Å². The number of hydrogen-bond donors (Lipinski definition) is 1. The summed E-state index contributed by atoms with van der Waals surface area (Å²) in [6.07, 6.45) is 1.05. The number of ether oxygens (including phenoxy) is 1. The number of hydrogen-bond acceptors (Lipinski definition) is 3. The van der Waals surface area contributed by atoms with Crippen LogP contribution in [0.1, 0.15) is 18.9 Å². The molecular formula is C14H17FN2O. The van der Waals surface area contributed by atoms with E-state index in [2.05, 4.69) is 18.8 Å². The number of halogens is 1. The van der Waals surface area contributed by atoms with Gasteiger partial charge in [0.25, 0.3) is 0 Å². The average molecular weight is 248 g/mol. The Labute approximate surface area is 107 Å². The summed E-state index contributed by atoms with van der Waals surface area (Å²) in [4.78, 5) is 0. The first kappa shape index (κ1) is 14.2. The topological polar surface area (TPSA) is 45.0 Å². The zero-order valence-corrected chi connectivity index (χ0v) is 10.5. The van der Waals surface area contributed by atoms with Gasteiger partial charge in [-0.05, 0) is 36.7 Å². The first-order valence-corrected chi connectivity index (χ1v) is 5.87. The molecule has 1 aromatic carbocycles. The molecule has 1 N–H and O–H groups in total. The summed E-state index contributed by atoms with van der Waals surface area (Å²) in [7, 11) is 0. The van der Waals surface area contributed by atoms with Crippen LogP contribution in [-0.2, 0) is 0 Å². The van der Waals surface area contributed by atoms with Crippen molar-refractivity contribution in [3.8, 4) is 11.8 Å². The Balaban J connectivity index is 2.44.